The summed E-state index contributed by atoms with van der Waals surface area (Å²) in [5.74, 6) is 1.32. The third-order valence-electron chi connectivity index (χ3n) is 6.38. The maximum atomic E-state index is 13.0. The number of carbonyl (C=O) groups is 2. The lowest BCUT2D eigenvalue weighted by atomic mass is 9.94. The van der Waals surface area contributed by atoms with Gasteiger partial charge >= 0.3 is 6.09 Å². The lowest BCUT2D eigenvalue weighted by Gasteiger charge is -2.31. The highest BCUT2D eigenvalue weighted by Gasteiger charge is 2.49. The van der Waals surface area contributed by atoms with Gasteiger partial charge in [-0.05, 0) is 57.4 Å². The molecule has 1 N–H and O–H groups in total. The Bertz CT molecular complexity index is 961. The average molecular weight is 413 g/mol. The minimum absolute atomic E-state index is 0.0475. The first-order valence-electron chi connectivity index (χ1n) is 10.8. The maximum Gasteiger partial charge on any atom is 0.410 e. The van der Waals surface area contributed by atoms with Gasteiger partial charge in [0.25, 0.3) is 5.91 Å². The van der Waals surface area contributed by atoms with Crippen molar-refractivity contribution in [2.45, 2.75) is 52.2 Å². The van der Waals surface area contributed by atoms with Crippen LogP contribution in [0.4, 0.5) is 4.79 Å². The van der Waals surface area contributed by atoms with Crippen molar-refractivity contribution in [3.8, 4) is 0 Å². The Balaban J connectivity index is 1.51. The van der Waals surface area contributed by atoms with Crippen molar-refractivity contribution in [1.82, 2.24) is 20.0 Å². The van der Waals surface area contributed by atoms with Gasteiger partial charge in [0.15, 0.2) is 5.69 Å². The van der Waals surface area contributed by atoms with Crippen molar-refractivity contribution in [2.75, 3.05) is 13.1 Å². The SMILES string of the molecule is CC1CC2CN(C(=O)OC(C)(C)C)C(CNC(=O)c3nn(C)c4ccccc34)[C@H]2C1. The number of hydrogen-bond acceptors (Lipinski definition) is 4. The van der Waals surface area contributed by atoms with Crippen LogP contribution in [0.2, 0.25) is 0 Å². The molecular formula is C23H32N4O3. The summed E-state index contributed by atoms with van der Waals surface area (Å²) < 4.78 is 7.38. The summed E-state index contributed by atoms with van der Waals surface area (Å²) in [7, 11) is 1.84. The Morgan fingerprint density at radius 1 is 1.23 bits per heavy atom. The second kappa shape index (κ2) is 7.60. The largest absolute Gasteiger partial charge is 0.444 e. The zero-order valence-corrected chi connectivity index (χ0v) is 18.5. The Morgan fingerprint density at radius 3 is 2.70 bits per heavy atom. The van der Waals surface area contributed by atoms with Crippen LogP contribution in [0.1, 0.15) is 51.0 Å². The molecule has 162 valence electrons. The molecule has 7 nitrogen and oxygen atoms in total. The van der Waals surface area contributed by atoms with Gasteiger partial charge in [0.1, 0.15) is 5.60 Å². The molecule has 0 spiro atoms. The van der Waals surface area contributed by atoms with Crippen molar-refractivity contribution in [3.63, 3.8) is 0 Å². The van der Waals surface area contributed by atoms with E-state index in [1.165, 1.54) is 0 Å². The molecule has 1 aliphatic carbocycles. The molecule has 2 heterocycles. The van der Waals surface area contributed by atoms with E-state index in [9.17, 15) is 9.59 Å². The van der Waals surface area contributed by atoms with Gasteiger partial charge in [0.05, 0.1) is 11.6 Å². The third-order valence-corrected chi connectivity index (χ3v) is 6.38. The molecule has 2 amide bonds. The quantitative estimate of drug-likeness (QED) is 0.836. The predicted molar refractivity (Wildman–Crippen MR) is 115 cm³/mol. The number of likely N-dealkylation sites (tertiary alicyclic amines) is 1. The molecular weight excluding hydrogens is 380 g/mol. The first kappa shape index (κ1) is 20.7. The van der Waals surface area contributed by atoms with Gasteiger partial charge in [-0.25, -0.2) is 4.79 Å². The zero-order chi connectivity index (χ0) is 21.6. The minimum atomic E-state index is -0.539. The van der Waals surface area contributed by atoms with Crippen LogP contribution < -0.4 is 5.32 Å². The molecule has 1 aromatic heterocycles. The summed E-state index contributed by atoms with van der Waals surface area (Å²) in [6, 6.07) is 7.66. The van der Waals surface area contributed by atoms with Gasteiger partial charge < -0.3 is 15.0 Å². The molecule has 1 aliphatic heterocycles. The highest BCUT2D eigenvalue weighted by atomic mass is 16.6. The lowest BCUT2D eigenvalue weighted by Crippen LogP contribution is -2.47. The van der Waals surface area contributed by atoms with Crippen molar-refractivity contribution >= 4 is 22.9 Å². The summed E-state index contributed by atoms with van der Waals surface area (Å²) in [5.41, 5.74) is 0.803. The van der Waals surface area contributed by atoms with Crippen molar-refractivity contribution in [1.29, 1.82) is 0 Å². The molecule has 1 saturated carbocycles. The topological polar surface area (TPSA) is 76.5 Å². The molecule has 1 saturated heterocycles. The number of hydrogen-bond donors (Lipinski definition) is 1. The molecule has 0 bridgehead atoms. The van der Waals surface area contributed by atoms with Gasteiger partial charge in [-0.2, -0.15) is 5.10 Å². The molecule has 2 aliphatic rings. The molecule has 4 atom stereocenters. The summed E-state index contributed by atoms with van der Waals surface area (Å²) >= 11 is 0. The van der Waals surface area contributed by atoms with Crippen LogP contribution in [-0.2, 0) is 11.8 Å². The van der Waals surface area contributed by atoms with Crippen LogP contribution in [-0.4, -0.2) is 51.4 Å². The van der Waals surface area contributed by atoms with Crippen LogP contribution in [0, 0.1) is 17.8 Å². The Hall–Kier alpha value is -2.57. The van der Waals surface area contributed by atoms with Crippen LogP contribution in [0.15, 0.2) is 24.3 Å². The van der Waals surface area contributed by atoms with E-state index in [1.807, 2.05) is 57.0 Å². The number of benzene rings is 1. The van der Waals surface area contributed by atoms with E-state index in [0.717, 1.165) is 23.7 Å². The average Bonchev–Trinajstić information content (AvgIpc) is 3.29. The molecule has 0 radical (unpaired) electrons. The summed E-state index contributed by atoms with van der Waals surface area (Å²) in [5, 5.41) is 8.31. The number of amides is 2. The normalized spacial score (nSPS) is 26.1. The molecule has 7 heteroatoms. The standard InChI is InChI=1S/C23H32N4O3/c1-14-10-15-13-27(22(29)30-23(2,3)4)19(17(15)11-14)12-24-21(28)20-16-8-6-7-9-18(16)26(5)25-20/h6-9,14-15,17,19H,10-13H2,1-5H3,(H,24,28)/t14?,15?,17-,19?/m0/s1. The van der Waals surface area contributed by atoms with E-state index in [1.54, 1.807) is 4.68 Å². The van der Waals surface area contributed by atoms with Crippen molar-refractivity contribution in [3.05, 3.63) is 30.0 Å². The Morgan fingerprint density at radius 2 is 1.97 bits per heavy atom. The van der Waals surface area contributed by atoms with Gasteiger partial charge in [-0.3, -0.25) is 9.48 Å². The molecule has 1 aromatic carbocycles. The molecule has 30 heavy (non-hydrogen) atoms. The fourth-order valence-corrected chi connectivity index (χ4v) is 5.20. The number of para-hydroxylation sites is 1. The second-order valence-corrected chi connectivity index (χ2v) is 9.90. The fraction of sp³-hybridized carbons (Fsp3) is 0.609. The second-order valence-electron chi connectivity index (χ2n) is 9.90. The lowest BCUT2D eigenvalue weighted by molar-refractivity contribution is 0.0196. The highest BCUT2D eigenvalue weighted by molar-refractivity contribution is 6.04. The van der Waals surface area contributed by atoms with Crippen LogP contribution in [0.3, 0.4) is 0 Å². The van der Waals surface area contributed by atoms with Gasteiger partial charge in [-0.15, -0.1) is 0 Å². The van der Waals surface area contributed by atoms with Crippen molar-refractivity contribution in [2.24, 2.45) is 24.8 Å². The summed E-state index contributed by atoms with van der Waals surface area (Å²) in [6.07, 6.45) is 1.92. The number of aromatic nitrogens is 2. The van der Waals surface area contributed by atoms with Gasteiger partial charge in [0, 0.05) is 25.5 Å². The molecule has 4 rings (SSSR count). The minimum Gasteiger partial charge on any atom is -0.444 e. The van der Waals surface area contributed by atoms with Gasteiger partial charge in [0.2, 0.25) is 0 Å². The molecule has 2 aromatic rings. The summed E-state index contributed by atoms with van der Waals surface area (Å²) in [4.78, 5) is 27.7. The van der Waals surface area contributed by atoms with Crippen LogP contribution in [0.5, 0.6) is 0 Å². The maximum absolute atomic E-state index is 13.0. The third kappa shape index (κ3) is 3.89. The van der Waals surface area contributed by atoms with E-state index in [4.69, 9.17) is 4.74 Å². The number of carbonyl (C=O) groups excluding carboxylic acids is 2. The number of aryl methyl sites for hydroxylation is 1. The Labute approximate surface area is 177 Å². The number of rotatable bonds is 3. The van der Waals surface area contributed by atoms with Crippen molar-refractivity contribution < 1.29 is 14.3 Å². The monoisotopic (exact) mass is 412 g/mol. The number of nitrogens with one attached hydrogen (secondary N) is 1. The molecule has 2 fully saturated rings. The predicted octanol–water partition coefficient (Wildman–Crippen LogP) is 3.58. The van der Waals surface area contributed by atoms with E-state index in [2.05, 4.69) is 17.3 Å². The zero-order valence-electron chi connectivity index (χ0n) is 18.5. The summed E-state index contributed by atoms with van der Waals surface area (Å²) in [6.45, 7) is 9.03. The van der Waals surface area contributed by atoms with Gasteiger partial charge in [-0.1, -0.05) is 25.1 Å². The first-order chi connectivity index (χ1) is 14.1. The molecule has 3 unspecified atom stereocenters. The van der Waals surface area contributed by atoms with Crippen LogP contribution in [0.25, 0.3) is 10.9 Å². The highest BCUT2D eigenvalue weighted by Crippen LogP contribution is 2.45. The Kier molecular flexibility index (Phi) is 5.24. The number of nitrogens with zero attached hydrogens (tertiary/aromatic N) is 3. The number of ether oxygens (including phenoxy) is 1. The van der Waals surface area contributed by atoms with Crippen LogP contribution >= 0.6 is 0 Å². The smallest absolute Gasteiger partial charge is 0.410 e. The van der Waals surface area contributed by atoms with E-state index in [0.29, 0.717) is 36.5 Å². The van der Waals surface area contributed by atoms with E-state index < -0.39 is 5.60 Å². The number of fused-ring (bicyclic) bond motifs is 2. The van der Waals surface area contributed by atoms with E-state index >= 15 is 0 Å². The fourth-order valence-electron chi connectivity index (χ4n) is 5.20. The van der Waals surface area contributed by atoms with E-state index in [-0.39, 0.29) is 18.0 Å². The first-order valence-corrected chi connectivity index (χ1v) is 10.8.